The van der Waals surface area contributed by atoms with E-state index in [-0.39, 0.29) is 5.82 Å². The van der Waals surface area contributed by atoms with E-state index in [1.807, 2.05) is 0 Å². The van der Waals surface area contributed by atoms with E-state index in [1.54, 1.807) is 26.0 Å². The van der Waals surface area contributed by atoms with Crippen LogP contribution >= 0.6 is 23.5 Å². The summed E-state index contributed by atoms with van der Waals surface area (Å²) in [6.07, 6.45) is 0. The molecule has 6 heteroatoms. The second kappa shape index (κ2) is 6.64. The third-order valence-corrected chi connectivity index (χ3v) is 6.16. The molecule has 0 spiro atoms. The number of hydrogen-bond donors (Lipinski definition) is 0. The predicted molar refractivity (Wildman–Crippen MR) is 68.9 cm³/mol. The molecular weight excluding hydrogens is 310 g/mol. The largest absolute Gasteiger partial charge is 0.348 e. The molecule has 1 rings (SSSR count). The number of halogens is 2. The van der Waals surface area contributed by atoms with Crippen LogP contribution in [-0.2, 0) is 13.6 Å². The van der Waals surface area contributed by atoms with Crippen LogP contribution in [0.25, 0.3) is 0 Å². The van der Waals surface area contributed by atoms with Crippen LogP contribution in [0.3, 0.4) is 0 Å². The Bertz CT molecular complexity index is 386. The van der Waals surface area contributed by atoms with E-state index in [0.29, 0.717) is 18.8 Å². The smallest absolute Gasteiger partial charge is 0.308 e. The van der Waals surface area contributed by atoms with E-state index in [9.17, 15) is 8.96 Å². The molecule has 0 fully saturated rings. The molecule has 0 amide bonds. The zero-order valence-electron chi connectivity index (χ0n) is 9.73. The average Bonchev–Trinajstić information content (AvgIpc) is 2.30. The van der Waals surface area contributed by atoms with Crippen molar-refractivity contribution in [2.75, 3.05) is 13.2 Å². The van der Waals surface area contributed by atoms with Gasteiger partial charge in [-0.2, -0.15) is 0 Å². The van der Waals surface area contributed by atoms with Crippen LogP contribution in [0.15, 0.2) is 24.3 Å². The molecule has 1 atom stereocenters. The van der Waals surface area contributed by atoms with Crippen molar-refractivity contribution in [1.82, 2.24) is 0 Å². The van der Waals surface area contributed by atoms with Crippen molar-refractivity contribution < 1.29 is 18.0 Å². The molecule has 0 aromatic heterocycles. The van der Waals surface area contributed by atoms with Gasteiger partial charge in [-0.05, 0) is 31.5 Å². The maximum Gasteiger partial charge on any atom is 0.348 e. The first kappa shape index (κ1) is 14.8. The third kappa shape index (κ3) is 3.88. The Morgan fingerprint density at radius 1 is 1.24 bits per heavy atom. The van der Waals surface area contributed by atoms with Gasteiger partial charge in [-0.25, -0.2) is 4.39 Å². The minimum absolute atomic E-state index is 0.292. The minimum Gasteiger partial charge on any atom is -0.308 e. The first-order valence-electron chi connectivity index (χ1n) is 5.31. The minimum atomic E-state index is -3.25. The van der Waals surface area contributed by atoms with Crippen LogP contribution in [-0.4, -0.2) is 13.2 Å². The van der Waals surface area contributed by atoms with Gasteiger partial charge in [0.05, 0.1) is 13.2 Å². The standard InChI is InChI=1S/C11H15BrFO3P/c1-3-15-17(14,16-4-2)11(12)9-5-7-10(13)8-6-9/h5-8,11H,3-4H2,1-2H3. The molecule has 0 saturated carbocycles. The van der Waals surface area contributed by atoms with Crippen LogP contribution < -0.4 is 0 Å². The van der Waals surface area contributed by atoms with Gasteiger partial charge in [0.2, 0.25) is 0 Å². The van der Waals surface area contributed by atoms with Gasteiger partial charge in [0.1, 0.15) is 10.4 Å². The van der Waals surface area contributed by atoms with E-state index in [2.05, 4.69) is 15.9 Å². The van der Waals surface area contributed by atoms with Crippen LogP contribution in [0.5, 0.6) is 0 Å². The SMILES string of the molecule is CCOP(=O)(OCC)C(Br)c1ccc(F)cc1. The molecule has 0 aliphatic carbocycles. The first-order chi connectivity index (χ1) is 8.03. The molecular formula is C11H15BrFO3P. The summed E-state index contributed by atoms with van der Waals surface area (Å²) in [7, 11) is -3.25. The highest BCUT2D eigenvalue weighted by atomic mass is 79.9. The summed E-state index contributed by atoms with van der Waals surface area (Å²) in [6, 6.07) is 5.73. The highest BCUT2D eigenvalue weighted by molar-refractivity contribution is 9.10. The molecule has 1 unspecified atom stereocenters. The number of alkyl halides is 1. The fourth-order valence-electron chi connectivity index (χ4n) is 1.33. The van der Waals surface area contributed by atoms with Gasteiger partial charge in [-0.3, -0.25) is 4.57 Å². The van der Waals surface area contributed by atoms with Gasteiger partial charge in [0.15, 0.2) is 0 Å². The fourth-order valence-corrected chi connectivity index (χ4v) is 3.94. The molecule has 17 heavy (non-hydrogen) atoms. The Morgan fingerprint density at radius 2 is 1.71 bits per heavy atom. The summed E-state index contributed by atoms with van der Waals surface area (Å²) in [4.78, 5) is 0. The molecule has 96 valence electrons. The summed E-state index contributed by atoms with van der Waals surface area (Å²) >= 11 is 3.30. The Balaban J connectivity index is 2.95. The Labute approximate surface area is 109 Å². The average molecular weight is 325 g/mol. The summed E-state index contributed by atoms with van der Waals surface area (Å²) in [5, 5.41) is 0. The quantitative estimate of drug-likeness (QED) is 0.571. The lowest BCUT2D eigenvalue weighted by atomic mass is 10.2. The van der Waals surface area contributed by atoms with Crippen molar-refractivity contribution in [3.63, 3.8) is 0 Å². The maximum absolute atomic E-state index is 12.8. The second-order valence-electron chi connectivity index (χ2n) is 3.26. The lowest BCUT2D eigenvalue weighted by Crippen LogP contribution is -2.01. The zero-order valence-corrected chi connectivity index (χ0v) is 12.2. The topological polar surface area (TPSA) is 35.5 Å². The van der Waals surface area contributed by atoms with E-state index < -0.39 is 12.2 Å². The summed E-state index contributed by atoms with van der Waals surface area (Å²) in [5.74, 6) is -0.337. The van der Waals surface area contributed by atoms with Crippen molar-refractivity contribution in [2.24, 2.45) is 0 Å². The number of benzene rings is 1. The Morgan fingerprint density at radius 3 is 2.12 bits per heavy atom. The van der Waals surface area contributed by atoms with Crippen LogP contribution in [0.4, 0.5) is 4.39 Å². The molecule has 0 radical (unpaired) electrons. The molecule has 0 aliphatic heterocycles. The summed E-state index contributed by atoms with van der Waals surface area (Å²) < 4.78 is 35.0. The van der Waals surface area contributed by atoms with Gasteiger partial charge in [0, 0.05) is 0 Å². The third-order valence-electron chi connectivity index (χ3n) is 2.04. The summed E-state index contributed by atoms with van der Waals surface area (Å²) in [5.41, 5.74) is 0.664. The molecule has 0 heterocycles. The lowest BCUT2D eigenvalue weighted by Gasteiger charge is -2.22. The Hall–Kier alpha value is -0.220. The molecule has 0 saturated heterocycles. The van der Waals surface area contributed by atoms with Gasteiger partial charge >= 0.3 is 7.60 Å². The lowest BCUT2D eigenvalue weighted by molar-refractivity contribution is 0.219. The summed E-state index contributed by atoms with van der Waals surface area (Å²) in [6.45, 7) is 4.08. The van der Waals surface area contributed by atoms with Gasteiger partial charge in [0.25, 0.3) is 0 Å². The van der Waals surface area contributed by atoms with Gasteiger partial charge in [-0.15, -0.1) is 0 Å². The molecule has 0 N–H and O–H groups in total. The molecule has 0 bridgehead atoms. The van der Waals surface area contributed by atoms with Crippen molar-refractivity contribution in [3.8, 4) is 0 Å². The normalized spacial score (nSPS) is 13.6. The molecule has 0 aliphatic rings. The molecule has 3 nitrogen and oxygen atoms in total. The van der Waals surface area contributed by atoms with E-state index in [0.717, 1.165) is 0 Å². The number of rotatable bonds is 6. The fraction of sp³-hybridized carbons (Fsp3) is 0.455. The number of hydrogen-bond acceptors (Lipinski definition) is 3. The Kier molecular flexibility index (Phi) is 5.80. The van der Waals surface area contributed by atoms with Gasteiger partial charge < -0.3 is 9.05 Å². The van der Waals surface area contributed by atoms with Crippen LogP contribution in [0, 0.1) is 5.82 Å². The zero-order chi connectivity index (χ0) is 12.9. The van der Waals surface area contributed by atoms with Crippen molar-refractivity contribution >= 4 is 23.5 Å². The predicted octanol–water partition coefficient (Wildman–Crippen LogP) is 4.49. The van der Waals surface area contributed by atoms with Crippen molar-refractivity contribution in [2.45, 2.75) is 18.4 Å². The van der Waals surface area contributed by atoms with Crippen molar-refractivity contribution in [1.29, 1.82) is 0 Å². The second-order valence-corrected chi connectivity index (χ2v) is 7.00. The highest BCUT2D eigenvalue weighted by Gasteiger charge is 2.34. The van der Waals surface area contributed by atoms with E-state index in [1.165, 1.54) is 12.1 Å². The first-order valence-corrected chi connectivity index (χ1v) is 7.84. The van der Waals surface area contributed by atoms with E-state index >= 15 is 0 Å². The molecule has 1 aromatic rings. The van der Waals surface area contributed by atoms with Gasteiger partial charge in [-0.1, -0.05) is 28.1 Å². The monoisotopic (exact) mass is 324 g/mol. The van der Waals surface area contributed by atoms with Crippen molar-refractivity contribution in [3.05, 3.63) is 35.6 Å². The van der Waals surface area contributed by atoms with Crippen LogP contribution in [0.2, 0.25) is 0 Å². The van der Waals surface area contributed by atoms with E-state index in [4.69, 9.17) is 9.05 Å². The highest BCUT2D eigenvalue weighted by Crippen LogP contribution is 2.63. The maximum atomic E-state index is 12.8. The van der Waals surface area contributed by atoms with Crippen LogP contribution in [0.1, 0.15) is 24.0 Å². The molecule has 1 aromatic carbocycles.